The van der Waals surface area contributed by atoms with E-state index in [1.54, 1.807) is 4.90 Å². The molecule has 1 aromatic heterocycles. The van der Waals surface area contributed by atoms with Crippen molar-refractivity contribution in [1.82, 2.24) is 9.88 Å². The van der Waals surface area contributed by atoms with E-state index in [1.807, 2.05) is 6.20 Å². The van der Waals surface area contributed by atoms with Gasteiger partial charge in [0, 0.05) is 19.3 Å². The highest BCUT2D eigenvalue weighted by atomic mass is 127. The first-order valence-electron chi connectivity index (χ1n) is 4.72. The minimum Gasteiger partial charge on any atom is -0.387 e. The molecule has 1 N–H and O–H groups in total. The number of amides is 1. The molecule has 0 saturated heterocycles. The number of aliphatic hydroxyl groups excluding tert-OH is 1. The lowest BCUT2D eigenvalue weighted by atomic mass is 10.0. The summed E-state index contributed by atoms with van der Waals surface area (Å²) in [7, 11) is 0. The first-order valence-corrected chi connectivity index (χ1v) is 5.80. The maximum absolute atomic E-state index is 11.3. The fourth-order valence-corrected chi connectivity index (χ4v) is 2.24. The zero-order chi connectivity index (χ0) is 10.8. The molecule has 80 valence electrons. The summed E-state index contributed by atoms with van der Waals surface area (Å²) in [4.78, 5) is 17.2. The molecule has 1 aromatic rings. The minimum absolute atomic E-state index is 0.209. The molecule has 0 aromatic carbocycles. The van der Waals surface area contributed by atoms with E-state index >= 15 is 0 Å². The minimum atomic E-state index is -0.410. The molecular formula is C10H11IN2O2. The van der Waals surface area contributed by atoms with Gasteiger partial charge in [-0.05, 0) is 46.2 Å². The van der Waals surface area contributed by atoms with Gasteiger partial charge in [-0.2, -0.15) is 0 Å². The molecule has 2 rings (SSSR count). The van der Waals surface area contributed by atoms with Gasteiger partial charge in [0.15, 0.2) is 0 Å². The van der Waals surface area contributed by atoms with E-state index in [1.165, 1.54) is 5.56 Å². The van der Waals surface area contributed by atoms with Gasteiger partial charge in [-0.25, -0.2) is 4.98 Å². The second-order valence-electron chi connectivity index (χ2n) is 3.50. The molecule has 5 heteroatoms. The van der Waals surface area contributed by atoms with Crippen molar-refractivity contribution >= 4 is 28.5 Å². The van der Waals surface area contributed by atoms with Crippen LogP contribution in [0.5, 0.6) is 0 Å². The van der Waals surface area contributed by atoms with Crippen molar-refractivity contribution in [2.75, 3.05) is 13.2 Å². The van der Waals surface area contributed by atoms with Crippen molar-refractivity contribution in [1.29, 1.82) is 0 Å². The van der Waals surface area contributed by atoms with Gasteiger partial charge >= 0.3 is 0 Å². The van der Waals surface area contributed by atoms with Gasteiger partial charge in [-0.1, -0.05) is 0 Å². The number of halogens is 1. The number of pyridine rings is 1. The largest absolute Gasteiger partial charge is 0.387 e. The summed E-state index contributed by atoms with van der Waals surface area (Å²) >= 11 is 2.18. The van der Waals surface area contributed by atoms with Crippen LogP contribution in [0.25, 0.3) is 0 Å². The van der Waals surface area contributed by atoms with E-state index in [4.69, 9.17) is 5.11 Å². The van der Waals surface area contributed by atoms with Gasteiger partial charge in [-0.3, -0.25) is 4.79 Å². The van der Waals surface area contributed by atoms with E-state index in [0.717, 1.165) is 15.7 Å². The van der Waals surface area contributed by atoms with Crippen molar-refractivity contribution in [3.8, 4) is 0 Å². The summed E-state index contributed by atoms with van der Waals surface area (Å²) < 4.78 is 0.980. The van der Waals surface area contributed by atoms with Gasteiger partial charge in [0.05, 0.1) is 0 Å². The highest BCUT2D eigenvalue weighted by Crippen LogP contribution is 2.19. The van der Waals surface area contributed by atoms with Crippen LogP contribution in [0.2, 0.25) is 0 Å². The standard InChI is InChI=1S/C10H11IN2O2/c11-9-3-7-1-2-13(10(15)6-14)5-8(7)4-12-9/h3-4,14H,1-2,5-6H2. The Balaban J connectivity index is 2.20. The van der Waals surface area contributed by atoms with E-state index in [9.17, 15) is 4.79 Å². The van der Waals surface area contributed by atoms with E-state index in [2.05, 4.69) is 33.6 Å². The van der Waals surface area contributed by atoms with Crippen LogP contribution in [0, 0.1) is 3.70 Å². The van der Waals surface area contributed by atoms with Crippen LogP contribution in [0.3, 0.4) is 0 Å². The summed E-state index contributed by atoms with van der Waals surface area (Å²) in [6.45, 7) is 0.845. The Morgan fingerprint density at radius 3 is 3.13 bits per heavy atom. The summed E-state index contributed by atoms with van der Waals surface area (Å²) in [6.07, 6.45) is 2.66. The second kappa shape index (κ2) is 4.44. The molecule has 15 heavy (non-hydrogen) atoms. The average Bonchev–Trinajstić information content (AvgIpc) is 2.27. The lowest BCUT2D eigenvalue weighted by molar-refractivity contribution is -0.135. The van der Waals surface area contributed by atoms with Crippen molar-refractivity contribution in [2.45, 2.75) is 13.0 Å². The monoisotopic (exact) mass is 318 g/mol. The molecule has 2 heterocycles. The molecule has 0 bridgehead atoms. The third-order valence-electron chi connectivity index (χ3n) is 2.55. The van der Waals surface area contributed by atoms with Gasteiger partial charge in [0.2, 0.25) is 5.91 Å². The Labute approximate surface area is 101 Å². The van der Waals surface area contributed by atoms with Crippen LogP contribution in [-0.4, -0.2) is 34.0 Å². The average molecular weight is 318 g/mol. The number of aromatic nitrogens is 1. The Bertz CT molecular complexity index is 395. The number of hydrogen-bond acceptors (Lipinski definition) is 3. The van der Waals surface area contributed by atoms with Crippen molar-refractivity contribution in [2.24, 2.45) is 0 Å². The number of aliphatic hydroxyl groups is 1. The molecule has 1 amide bonds. The lowest BCUT2D eigenvalue weighted by Gasteiger charge is -2.28. The lowest BCUT2D eigenvalue weighted by Crippen LogP contribution is -2.37. The number of carbonyl (C=O) groups excluding carboxylic acids is 1. The molecule has 0 fully saturated rings. The van der Waals surface area contributed by atoms with Gasteiger partial charge < -0.3 is 10.0 Å². The smallest absolute Gasteiger partial charge is 0.248 e. The molecule has 0 unspecified atom stereocenters. The number of nitrogens with zero attached hydrogens (tertiary/aromatic N) is 2. The maximum Gasteiger partial charge on any atom is 0.248 e. The zero-order valence-electron chi connectivity index (χ0n) is 8.11. The molecule has 4 nitrogen and oxygen atoms in total. The van der Waals surface area contributed by atoms with Crippen LogP contribution < -0.4 is 0 Å². The van der Waals surface area contributed by atoms with Gasteiger partial charge in [0.1, 0.15) is 10.3 Å². The topological polar surface area (TPSA) is 53.4 Å². The van der Waals surface area contributed by atoms with Crippen LogP contribution in [0.1, 0.15) is 11.1 Å². The predicted octanol–water partition coefficient (Wildman–Crippen LogP) is 0.563. The summed E-state index contributed by atoms with van der Waals surface area (Å²) in [6, 6.07) is 2.05. The van der Waals surface area contributed by atoms with E-state index in [0.29, 0.717) is 13.1 Å². The van der Waals surface area contributed by atoms with Crippen LogP contribution in [0.15, 0.2) is 12.3 Å². The highest BCUT2D eigenvalue weighted by molar-refractivity contribution is 14.1. The normalized spacial score (nSPS) is 14.9. The molecule has 1 aliphatic rings. The summed E-state index contributed by atoms with van der Waals surface area (Å²) in [5.41, 5.74) is 2.35. The second-order valence-corrected chi connectivity index (χ2v) is 4.60. The molecular weight excluding hydrogens is 307 g/mol. The number of hydrogen-bond donors (Lipinski definition) is 1. The Morgan fingerprint density at radius 2 is 2.40 bits per heavy atom. The Kier molecular flexibility index (Phi) is 3.20. The molecule has 0 atom stereocenters. The molecule has 0 saturated carbocycles. The number of carbonyl (C=O) groups is 1. The number of rotatable bonds is 1. The van der Waals surface area contributed by atoms with Crippen LogP contribution in [0.4, 0.5) is 0 Å². The highest BCUT2D eigenvalue weighted by Gasteiger charge is 2.20. The third-order valence-corrected chi connectivity index (χ3v) is 3.14. The number of fused-ring (bicyclic) bond motifs is 1. The molecule has 0 spiro atoms. The molecule has 0 aliphatic carbocycles. The quantitative estimate of drug-likeness (QED) is 0.608. The van der Waals surface area contributed by atoms with Crippen molar-refractivity contribution in [3.05, 3.63) is 27.1 Å². The van der Waals surface area contributed by atoms with Gasteiger partial charge in [-0.15, -0.1) is 0 Å². The van der Waals surface area contributed by atoms with Crippen LogP contribution in [-0.2, 0) is 17.8 Å². The van der Waals surface area contributed by atoms with Crippen molar-refractivity contribution in [3.63, 3.8) is 0 Å². The Morgan fingerprint density at radius 1 is 1.60 bits per heavy atom. The SMILES string of the molecule is O=C(CO)N1CCc2cc(I)ncc2C1. The van der Waals surface area contributed by atoms with Crippen molar-refractivity contribution < 1.29 is 9.90 Å². The summed E-state index contributed by atoms with van der Waals surface area (Å²) in [5.74, 6) is -0.209. The summed E-state index contributed by atoms with van der Waals surface area (Å²) in [5, 5.41) is 8.77. The maximum atomic E-state index is 11.3. The Hall–Kier alpha value is -0.690. The van der Waals surface area contributed by atoms with Gasteiger partial charge in [0.25, 0.3) is 0 Å². The van der Waals surface area contributed by atoms with Crippen LogP contribution >= 0.6 is 22.6 Å². The first kappa shape index (κ1) is 10.8. The first-order chi connectivity index (χ1) is 7.20. The van der Waals surface area contributed by atoms with E-state index < -0.39 is 6.61 Å². The third kappa shape index (κ3) is 2.28. The molecule has 0 radical (unpaired) electrons. The molecule has 1 aliphatic heterocycles. The predicted molar refractivity (Wildman–Crippen MR) is 63.2 cm³/mol. The fourth-order valence-electron chi connectivity index (χ4n) is 1.72. The fraction of sp³-hybridized carbons (Fsp3) is 0.400. The zero-order valence-corrected chi connectivity index (χ0v) is 10.3. The van der Waals surface area contributed by atoms with E-state index in [-0.39, 0.29) is 5.91 Å².